The molecule has 1 amide bonds. The third-order valence-corrected chi connectivity index (χ3v) is 4.54. The molecule has 0 saturated heterocycles. The highest BCUT2D eigenvalue weighted by Gasteiger charge is 2.36. The molecule has 1 aromatic heterocycles. The van der Waals surface area contributed by atoms with Gasteiger partial charge in [-0.1, -0.05) is 6.92 Å². The van der Waals surface area contributed by atoms with Crippen LogP contribution in [0, 0.1) is 0 Å². The van der Waals surface area contributed by atoms with Gasteiger partial charge in [0.1, 0.15) is 0 Å². The summed E-state index contributed by atoms with van der Waals surface area (Å²) in [6.07, 6.45) is 4.50. The molecule has 0 atom stereocenters. The molecule has 0 aliphatic heterocycles. The summed E-state index contributed by atoms with van der Waals surface area (Å²) in [5.41, 5.74) is 0.0812. The van der Waals surface area contributed by atoms with E-state index in [1.807, 2.05) is 11.4 Å². The van der Waals surface area contributed by atoms with E-state index in [9.17, 15) is 4.79 Å². The molecule has 1 N–H and O–H groups in total. The summed E-state index contributed by atoms with van der Waals surface area (Å²) in [7, 11) is 0. The highest BCUT2D eigenvalue weighted by atomic mass is 32.1. The van der Waals surface area contributed by atoms with Crippen LogP contribution in [0.25, 0.3) is 0 Å². The minimum atomic E-state index is 0.0573. The Morgan fingerprint density at radius 1 is 1.67 bits per heavy atom. The van der Waals surface area contributed by atoms with Gasteiger partial charge in [-0.05, 0) is 31.7 Å². The first kappa shape index (κ1) is 11.0. The van der Waals surface area contributed by atoms with E-state index in [-0.39, 0.29) is 11.4 Å². The maximum absolute atomic E-state index is 11.9. The van der Waals surface area contributed by atoms with Crippen molar-refractivity contribution in [3.05, 3.63) is 16.3 Å². The zero-order valence-electron chi connectivity index (χ0n) is 8.75. The molecule has 0 bridgehead atoms. The van der Waals surface area contributed by atoms with Crippen molar-refractivity contribution in [2.24, 2.45) is 0 Å². The first-order valence-electron chi connectivity index (χ1n) is 5.25. The molecule has 1 aliphatic carbocycles. The second-order valence-electron chi connectivity index (χ2n) is 4.11. The zero-order chi connectivity index (χ0) is 10.9. The normalized spacial score (nSPS) is 18.3. The van der Waals surface area contributed by atoms with Gasteiger partial charge >= 0.3 is 0 Å². The number of amides is 1. The standard InChI is InChI=1S/C11H15NOS2/c1-2-11(4-3-5-11)12-10(13)9-6-8(14)7-15-9/h6-7,14H,2-5H2,1H3,(H,12,13). The van der Waals surface area contributed by atoms with Crippen LogP contribution in [0.5, 0.6) is 0 Å². The van der Waals surface area contributed by atoms with Gasteiger partial charge in [-0.15, -0.1) is 24.0 Å². The van der Waals surface area contributed by atoms with Crippen LogP contribution in [0.3, 0.4) is 0 Å². The van der Waals surface area contributed by atoms with Crippen LogP contribution in [0.2, 0.25) is 0 Å². The van der Waals surface area contributed by atoms with E-state index in [4.69, 9.17) is 0 Å². The molecule has 0 radical (unpaired) electrons. The molecule has 2 nitrogen and oxygen atoms in total. The first-order valence-corrected chi connectivity index (χ1v) is 6.58. The Kier molecular flexibility index (Phi) is 3.07. The molecule has 82 valence electrons. The Balaban J connectivity index is 2.03. The predicted octanol–water partition coefficient (Wildman–Crippen LogP) is 3.10. The van der Waals surface area contributed by atoms with Crippen LogP contribution < -0.4 is 5.32 Å². The summed E-state index contributed by atoms with van der Waals surface area (Å²) in [5.74, 6) is 0.0573. The summed E-state index contributed by atoms with van der Waals surface area (Å²) in [5, 5.41) is 5.03. The lowest BCUT2D eigenvalue weighted by Gasteiger charge is -2.41. The predicted molar refractivity (Wildman–Crippen MR) is 65.9 cm³/mol. The SMILES string of the molecule is CCC1(NC(=O)c2cc(S)cs2)CCC1. The number of carbonyl (C=O) groups is 1. The van der Waals surface area contributed by atoms with Crippen LogP contribution in [0.15, 0.2) is 16.3 Å². The summed E-state index contributed by atoms with van der Waals surface area (Å²) >= 11 is 5.66. The first-order chi connectivity index (χ1) is 7.15. The lowest BCUT2D eigenvalue weighted by Crippen LogP contribution is -2.52. The molecule has 0 spiro atoms. The number of thiol groups is 1. The van der Waals surface area contributed by atoms with Crippen molar-refractivity contribution in [3.63, 3.8) is 0 Å². The number of thiophene rings is 1. The van der Waals surface area contributed by atoms with Gasteiger partial charge in [0.25, 0.3) is 5.91 Å². The van der Waals surface area contributed by atoms with Crippen molar-refractivity contribution in [2.45, 2.75) is 43.0 Å². The molecule has 0 unspecified atom stereocenters. The molecule has 1 saturated carbocycles. The second-order valence-corrected chi connectivity index (χ2v) is 5.54. The second kappa shape index (κ2) is 4.18. The highest BCUT2D eigenvalue weighted by Crippen LogP contribution is 2.35. The van der Waals surface area contributed by atoms with Crippen LogP contribution >= 0.6 is 24.0 Å². The van der Waals surface area contributed by atoms with Crippen LogP contribution in [-0.2, 0) is 0 Å². The Labute approximate surface area is 99.5 Å². The minimum Gasteiger partial charge on any atom is -0.346 e. The van der Waals surface area contributed by atoms with E-state index in [0.29, 0.717) is 0 Å². The van der Waals surface area contributed by atoms with Crippen molar-refractivity contribution >= 4 is 29.9 Å². The summed E-state index contributed by atoms with van der Waals surface area (Å²) < 4.78 is 0. The average Bonchev–Trinajstić information content (AvgIpc) is 2.58. The van der Waals surface area contributed by atoms with E-state index in [2.05, 4.69) is 24.9 Å². The van der Waals surface area contributed by atoms with Crippen molar-refractivity contribution in [3.8, 4) is 0 Å². The molecule has 2 rings (SSSR count). The van der Waals surface area contributed by atoms with Gasteiger partial charge in [0.15, 0.2) is 0 Å². The average molecular weight is 241 g/mol. The Hall–Kier alpha value is -0.480. The van der Waals surface area contributed by atoms with Crippen LogP contribution in [0.4, 0.5) is 0 Å². The zero-order valence-corrected chi connectivity index (χ0v) is 10.5. The lowest BCUT2D eigenvalue weighted by atomic mass is 9.75. The van der Waals surface area contributed by atoms with Gasteiger partial charge in [-0.2, -0.15) is 0 Å². The van der Waals surface area contributed by atoms with E-state index in [0.717, 1.165) is 29.0 Å². The Bertz CT molecular complexity index is 363. The van der Waals surface area contributed by atoms with E-state index in [1.54, 1.807) is 0 Å². The molecule has 1 heterocycles. The monoisotopic (exact) mass is 241 g/mol. The molecule has 1 fully saturated rings. The van der Waals surface area contributed by atoms with E-state index in [1.165, 1.54) is 17.8 Å². The topological polar surface area (TPSA) is 29.1 Å². The van der Waals surface area contributed by atoms with Crippen molar-refractivity contribution < 1.29 is 4.79 Å². The van der Waals surface area contributed by atoms with Gasteiger partial charge in [0.2, 0.25) is 0 Å². The summed E-state index contributed by atoms with van der Waals surface area (Å²) in [6, 6.07) is 1.82. The van der Waals surface area contributed by atoms with Crippen LogP contribution in [0.1, 0.15) is 42.3 Å². The van der Waals surface area contributed by atoms with Crippen molar-refractivity contribution in [1.82, 2.24) is 5.32 Å². The quantitative estimate of drug-likeness (QED) is 0.782. The molecular formula is C11H15NOS2. The van der Waals surface area contributed by atoms with Crippen molar-refractivity contribution in [1.29, 1.82) is 0 Å². The number of rotatable bonds is 3. The third kappa shape index (κ3) is 2.21. The highest BCUT2D eigenvalue weighted by molar-refractivity contribution is 7.80. The smallest absolute Gasteiger partial charge is 0.261 e. The number of hydrogen-bond acceptors (Lipinski definition) is 3. The maximum atomic E-state index is 11.9. The number of carbonyl (C=O) groups excluding carboxylic acids is 1. The largest absolute Gasteiger partial charge is 0.346 e. The Morgan fingerprint density at radius 2 is 2.40 bits per heavy atom. The molecule has 1 aliphatic rings. The fourth-order valence-corrected chi connectivity index (χ4v) is 2.96. The summed E-state index contributed by atoms with van der Waals surface area (Å²) in [6.45, 7) is 2.14. The minimum absolute atomic E-state index is 0.0573. The Morgan fingerprint density at radius 3 is 2.80 bits per heavy atom. The van der Waals surface area contributed by atoms with Gasteiger partial charge in [0.05, 0.1) is 4.88 Å². The fourth-order valence-electron chi connectivity index (χ4n) is 1.92. The van der Waals surface area contributed by atoms with E-state index < -0.39 is 0 Å². The molecule has 15 heavy (non-hydrogen) atoms. The summed E-state index contributed by atoms with van der Waals surface area (Å²) in [4.78, 5) is 13.5. The van der Waals surface area contributed by atoms with Gasteiger partial charge in [0, 0.05) is 15.8 Å². The molecule has 1 aromatic rings. The van der Waals surface area contributed by atoms with Gasteiger partial charge in [-0.3, -0.25) is 4.79 Å². The van der Waals surface area contributed by atoms with Gasteiger partial charge in [-0.25, -0.2) is 0 Å². The number of nitrogens with one attached hydrogen (secondary N) is 1. The number of hydrogen-bond donors (Lipinski definition) is 2. The van der Waals surface area contributed by atoms with E-state index >= 15 is 0 Å². The molecule has 4 heteroatoms. The molecule has 0 aromatic carbocycles. The van der Waals surface area contributed by atoms with Gasteiger partial charge < -0.3 is 5.32 Å². The van der Waals surface area contributed by atoms with Crippen LogP contribution in [-0.4, -0.2) is 11.4 Å². The third-order valence-electron chi connectivity index (χ3n) is 3.18. The maximum Gasteiger partial charge on any atom is 0.261 e. The van der Waals surface area contributed by atoms with Crippen molar-refractivity contribution in [2.75, 3.05) is 0 Å². The molecular weight excluding hydrogens is 226 g/mol. The lowest BCUT2D eigenvalue weighted by molar-refractivity contribution is 0.0824. The fraction of sp³-hybridized carbons (Fsp3) is 0.545.